The van der Waals surface area contributed by atoms with Gasteiger partial charge in [0, 0.05) is 12.8 Å². The normalized spacial score (nSPS) is 14.3. The van der Waals surface area contributed by atoms with Gasteiger partial charge in [-0.25, -0.2) is 4.57 Å². The molecule has 0 saturated heterocycles. The molecule has 0 radical (unpaired) electrons. The van der Waals surface area contributed by atoms with Crippen LogP contribution in [-0.4, -0.2) is 74.9 Å². The Morgan fingerprint density at radius 1 is 0.410 bits per heavy atom. The third-order valence-corrected chi connectivity index (χ3v) is 13.3. The molecule has 0 aromatic rings. The Balaban J connectivity index is 4.25. The third kappa shape index (κ3) is 61.1. The standard InChI is InChI=1S/C68H112NO8P/c1-6-8-10-12-14-16-18-20-22-24-26-27-28-29-30-31-32-33-34-35-36-37-38-39-40-41-43-45-47-49-51-53-55-57-59-61-68(71)77-66(65-76-78(72,73)75-63-62-69(3,4)5)64-74-67(70)60-58-56-54-52-50-48-46-44-42-25-23-21-19-17-15-13-11-9-7-2/h8,10,14-17,20-23,26-27,29-30,32-33,35-36,38-39,41,43,47,49,66H,6-7,9,11-13,18-19,24-25,28,31,34,37,40,42,44-46,48,50-65H2,1-5H3/p+1/b10-8-,16-14-,17-15-,22-20-,23-21-,27-26-,30-29-,33-32-,36-35-,39-38-,43-41-,49-47-. The van der Waals surface area contributed by atoms with Crippen LogP contribution in [0.2, 0.25) is 0 Å². The number of allylic oxidation sites excluding steroid dienone is 24. The Kier molecular flexibility index (Phi) is 54.5. The molecule has 442 valence electrons. The second-order valence-electron chi connectivity index (χ2n) is 21.0. The lowest BCUT2D eigenvalue weighted by Crippen LogP contribution is -2.37. The summed E-state index contributed by atoms with van der Waals surface area (Å²) in [6.45, 7) is 4.24. The quantitative estimate of drug-likeness (QED) is 0.0211. The van der Waals surface area contributed by atoms with Crippen LogP contribution in [0.3, 0.4) is 0 Å². The SMILES string of the molecule is CC/C=C\C/C=C\C/C=C\C/C=C\C/C=C\C/C=C\C/C=C\C/C=C\C/C=C\C/C=C\CCCCCCC(=O)OC(COC(=O)CCCCCCCCCCC/C=C\C/C=C\CCCCC)COP(=O)(O)OCC[N+](C)(C)C. The number of phosphoric acid groups is 1. The predicted octanol–water partition coefficient (Wildman–Crippen LogP) is 19.5. The molecule has 0 aromatic heterocycles. The molecular weight excluding hydrogens is 990 g/mol. The van der Waals surface area contributed by atoms with Crippen molar-refractivity contribution in [3.8, 4) is 0 Å². The Morgan fingerprint density at radius 3 is 1.09 bits per heavy atom. The molecule has 9 nitrogen and oxygen atoms in total. The van der Waals surface area contributed by atoms with E-state index in [1.165, 1.54) is 57.8 Å². The molecule has 0 aliphatic carbocycles. The summed E-state index contributed by atoms with van der Waals surface area (Å²) in [5, 5.41) is 0. The van der Waals surface area contributed by atoms with E-state index in [2.05, 4.69) is 160 Å². The average molecular weight is 1100 g/mol. The molecule has 0 aliphatic rings. The fourth-order valence-corrected chi connectivity index (χ4v) is 8.40. The first-order valence-corrected chi connectivity index (χ1v) is 32.1. The van der Waals surface area contributed by atoms with Gasteiger partial charge in [0.1, 0.15) is 19.8 Å². The zero-order valence-corrected chi connectivity index (χ0v) is 51.0. The van der Waals surface area contributed by atoms with Crippen molar-refractivity contribution in [1.29, 1.82) is 0 Å². The zero-order chi connectivity index (χ0) is 57.0. The number of carbonyl (C=O) groups is 2. The Bertz CT molecular complexity index is 1820. The van der Waals surface area contributed by atoms with Crippen LogP contribution in [0.4, 0.5) is 0 Å². The molecule has 0 amide bonds. The maximum Gasteiger partial charge on any atom is 0.472 e. The Hall–Kier alpha value is -4.11. The second kappa shape index (κ2) is 57.6. The molecule has 2 atom stereocenters. The van der Waals surface area contributed by atoms with Gasteiger partial charge in [-0.2, -0.15) is 0 Å². The number of unbranched alkanes of at least 4 members (excludes halogenated alkanes) is 16. The summed E-state index contributed by atoms with van der Waals surface area (Å²) in [6, 6.07) is 0. The molecule has 10 heteroatoms. The summed E-state index contributed by atoms with van der Waals surface area (Å²) in [7, 11) is 1.44. The van der Waals surface area contributed by atoms with Crippen molar-refractivity contribution < 1.29 is 42.1 Å². The minimum atomic E-state index is -4.41. The summed E-state index contributed by atoms with van der Waals surface area (Å²) in [6.07, 6.45) is 84.9. The highest BCUT2D eigenvalue weighted by Gasteiger charge is 2.27. The average Bonchev–Trinajstić information content (AvgIpc) is 3.41. The fraction of sp³-hybridized carbons (Fsp3) is 0.618. The highest BCUT2D eigenvalue weighted by atomic mass is 31.2. The Labute approximate surface area is 478 Å². The molecule has 78 heavy (non-hydrogen) atoms. The van der Waals surface area contributed by atoms with Crippen LogP contribution < -0.4 is 0 Å². The minimum Gasteiger partial charge on any atom is -0.462 e. The van der Waals surface area contributed by atoms with Gasteiger partial charge in [0.2, 0.25) is 0 Å². The van der Waals surface area contributed by atoms with E-state index < -0.39 is 26.5 Å². The van der Waals surface area contributed by atoms with Gasteiger partial charge in [0.05, 0.1) is 27.7 Å². The summed E-state index contributed by atoms with van der Waals surface area (Å²) in [5.41, 5.74) is 0. The van der Waals surface area contributed by atoms with Crippen LogP contribution in [0, 0.1) is 0 Å². The van der Waals surface area contributed by atoms with Crippen molar-refractivity contribution in [1.82, 2.24) is 0 Å². The molecule has 0 fully saturated rings. The number of rotatable bonds is 54. The van der Waals surface area contributed by atoms with E-state index in [0.717, 1.165) is 128 Å². The number of ether oxygens (including phenoxy) is 2. The van der Waals surface area contributed by atoms with Gasteiger partial charge in [0.15, 0.2) is 6.10 Å². The minimum absolute atomic E-state index is 0.0176. The van der Waals surface area contributed by atoms with Crippen molar-refractivity contribution >= 4 is 19.8 Å². The van der Waals surface area contributed by atoms with Gasteiger partial charge in [-0.05, 0) is 122 Å². The van der Waals surface area contributed by atoms with Crippen LogP contribution in [0.15, 0.2) is 146 Å². The van der Waals surface area contributed by atoms with Gasteiger partial charge >= 0.3 is 19.8 Å². The number of carbonyl (C=O) groups excluding carboxylic acids is 2. The smallest absolute Gasteiger partial charge is 0.462 e. The van der Waals surface area contributed by atoms with E-state index in [-0.39, 0.29) is 32.0 Å². The largest absolute Gasteiger partial charge is 0.472 e. The summed E-state index contributed by atoms with van der Waals surface area (Å²) in [4.78, 5) is 35.7. The molecule has 0 saturated carbocycles. The lowest BCUT2D eigenvalue weighted by molar-refractivity contribution is -0.870. The van der Waals surface area contributed by atoms with Crippen LogP contribution in [0.1, 0.15) is 219 Å². The maximum absolute atomic E-state index is 12.8. The van der Waals surface area contributed by atoms with E-state index in [9.17, 15) is 19.0 Å². The van der Waals surface area contributed by atoms with E-state index in [1.807, 2.05) is 21.1 Å². The van der Waals surface area contributed by atoms with Gasteiger partial charge in [-0.3, -0.25) is 18.6 Å². The highest BCUT2D eigenvalue weighted by molar-refractivity contribution is 7.47. The van der Waals surface area contributed by atoms with Crippen molar-refractivity contribution in [2.75, 3.05) is 47.5 Å². The summed E-state index contributed by atoms with van der Waals surface area (Å²) in [5.74, 6) is -0.841. The van der Waals surface area contributed by atoms with E-state index in [4.69, 9.17) is 18.5 Å². The molecular formula is C68H113NO8P+. The predicted molar refractivity (Wildman–Crippen MR) is 334 cm³/mol. The number of likely N-dealkylation sites (N-methyl/N-ethyl adjacent to an activating group) is 1. The number of hydrogen-bond acceptors (Lipinski definition) is 7. The van der Waals surface area contributed by atoms with Crippen LogP contribution in [0.5, 0.6) is 0 Å². The van der Waals surface area contributed by atoms with Gasteiger partial charge < -0.3 is 18.9 Å². The first kappa shape index (κ1) is 73.9. The summed E-state index contributed by atoms with van der Waals surface area (Å²) < 4.78 is 34.5. The van der Waals surface area contributed by atoms with E-state index in [1.54, 1.807) is 0 Å². The lowest BCUT2D eigenvalue weighted by atomic mass is 10.1. The highest BCUT2D eigenvalue weighted by Crippen LogP contribution is 2.43. The number of nitrogens with zero attached hydrogens (tertiary/aromatic N) is 1. The van der Waals surface area contributed by atoms with Crippen molar-refractivity contribution in [2.24, 2.45) is 0 Å². The topological polar surface area (TPSA) is 108 Å². The molecule has 0 bridgehead atoms. The lowest BCUT2D eigenvalue weighted by Gasteiger charge is -2.24. The van der Waals surface area contributed by atoms with Crippen LogP contribution in [-0.2, 0) is 32.7 Å². The fourth-order valence-electron chi connectivity index (χ4n) is 7.66. The van der Waals surface area contributed by atoms with Crippen molar-refractivity contribution in [3.05, 3.63) is 146 Å². The Morgan fingerprint density at radius 2 is 0.731 bits per heavy atom. The van der Waals surface area contributed by atoms with E-state index >= 15 is 0 Å². The van der Waals surface area contributed by atoms with Crippen LogP contribution >= 0.6 is 7.82 Å². The van der Waals surface area contributed by atoms with Gasteiger partial charge in [0.25, 0.3) is 0 Å². The van der Waals surface area contributed by atoms with Gasteiger partial charge in [-0.15, -0.1) is 0 Å². The molecule has 0 aliphatic heterocycles. The number of esters is 2. The number of phosphoric ester groups is 1. The first-order valence-electron chi connectivity index (χ1n) is 30.6. The molecule has 0 aromatic carbocycles. The summed E-state index contributed by atoms with van der Waals surface area (Å²) >= 11 is 0. The van der Waals surface area contributed by atoms with Crippen LogP contribution in [0.25, 0.3) is 0 Å². The first-order chi connectivity index (χ1) is 38.0. The van der Waals surface area contributed by atoms with Crippen molar-refractivity contribution in [2.45, 2.75) is 225 Å². The van der Waals surface area contributed by atoms with Crippen molar-refractivity contribution in [3.63, 3.8) is 0 Å². The van der Waals surface area contributed by atoms with Gasteiger partial charge in [-0.1, -0.05) is 230 Å². The molecule has 1 N–H and O–H groups in total. The zero-order valence-electron chi connectivity index (χ0n) is 50.1. The molecule has 0 spiro atoms. The molecule has 0 rings (SSSR count). The number of quaternary nitrogens is 1. The molecule has 0 heterocycles. The van der Waals surface area contributed by atoms with E-state index in [0.29, 0.717) is 17.4 Å². The maximum atomic E-state index is 12.8. The second-order valence-corrected chi connectivity index (χ2v) is 22.5. The molecule has 2 unspecified atom stereocenters. The monoisotopic (exact) mass is 1100 g/mol. The third-order valence-electron chi connectivity index (χ3n) is 12.4. The number of hydrogen-bond donors (Lipinski definition) is 1.